The second kappa shape index (κ2) is 11.1. The zero-order valence-corrected chi connectivity index (χ0v) is 23.7. The van der Waals surface area contributed by atoms with Gasteiger partial charge in [-0.05, 0) is 96.7 Å². The number of nitrogens with zero attached hydrogens (tertiary/aromatic N) is 2. The van der Waals surface area contributed by atoms with Crippen molar-refractivity contribution < 1.29 is 4.79 Å². The number of rotatable bonds is 5. The number of carbonyl (C=O) groups excluding carboxylic acids is 1. The Kier molecular flexibility index (Phi) is 7.42. The number of amides is 1. The number of hydrogen-bond acceptors (Lipinski definition) is 2. The summed E-state index contributed by atoms with van der Waals surface area (Å²) in [7, 11) is 1.84. The molecule has 6 rings (SSSR count). The monoisotopic (exact) mass is 518 g/mol. The lowest BCUT2D eigenvalue weighted by atomic mass is 9.70. The summed E-state index contributed by atoms with van der Waals surface area (Å²) in [5.74, 6) is 2.86. The van der Waals surface area contributed by atoms with Gasteiger partial charge in [0, 0.05) is 24.6 Å². The lowest BCUT2D eigenvalue weighted by molar-refractivity contribution is 0.0993. The number of hydrogen-bond donors (Lipinski definition) is 0. The fourth-order valence-electron chi connectivity index (χ4n) is 7.61. The van der Waals surface area contributed by atoms with E-state index in [1.807, 2.05) is 31.4 Å². The van der Waals surface area contributed by atoms with Gasteiger partial charge in [0.25, 0.3) is 5.91 Å². The first-order valence-electron chi connectivity index (χ1n) is 15.1. The molecule has 1 amide bonds. The smallest absolute Gasteiger partial charge is 0.258 e. The lowest BCUT2D eigenvalue weighted by Crippen LogP contribution is -2.26. The van der Waals surface area contributed by atoms with E-state index < -0.39 is 0 Å². The molecule has 3 aromatic rings. The van der Waals surface area contributed by atoms with Crippen LogP contribution in [0.3, 0.4) is 0 Å². The Labute approximate surface area is 234 Å². The first kappa shape index (κ1) is 26.0. The Morgan fingerprint density at radius 2 is 1.67 bits per heavy atom. The van der Waals surface area contributed by atoms with Crippen LogP contribution in [0.25, 0.3) is 5.57 Å². The van der Waals surface area contributed by atoms with Crippen molar-refractivity contribution in [3.8, 4) is 0 Å². The highest BCUT2D eigenvalue weighted by molar-refractivity contribution is 6.08. The van der Waals surface area contributed by atoms with E-state index in [0.29, 0.717) is 6.42 Å². The first-order valence-corrected chi connectivity index (χ1v) is 15.1. The second-order valence-electron chi connectivity index (χ2n) is 12.4. The molecule has 2 saturated carbocycles. The number of fused-ring (bicyclic) bond motifs is 2. The van der Waals surface area contributed by atoms with Crippen LogP contribution in [-0.4, -0.2) is 17.9 Å². The van der Waals surface area contributed by atoms with Crippen LogP contribution in [0.5, 0.6) is 0 Å². The average Bonchev–Trinajstić information content (AvgIpc) is 3.07. The van der Waals surface area contributed by atoms with Crippen molar-refractivity contribution >= 4 is 17.2 Å². The number of anilines is 1. The number of aryl methyl sites for hydroxylation is 1. The minimum absolute atomic E-state index is 0.0200. The zero-order valence-electron chi connectivity index (χ0n) is 23.7. The van der Waals surface area contributed by atoms with E-state index in [1.165, 1.54) is 75.3 Å². The van der Waals surface area contributed by atoms with E-state index in [0.717, 1.165) is 57.0 Å². The maximum absolute atomic E-state index is 13.0. The summed E-state index contributed by atoms with van der Waals surface area (Å²) in [6.07, 6.45) is 16.8. The summed E-state index contributed by atoms with van der Waals surface area (Å²) >= 11 is 0. The van der Waals surface area contributed by atoms with Crippen molar-refractivity contribution in [2.75, 3.05) is 11.9 Å². The first-order chi connectivity index (χ1) is 19.0. The molecule has 0 spiro atoms. The number of pyridine rings is 1. The molecular formula is C36H42N2O. The zero-order chi connectivity index (χ0) is 26.9. The quantitative estimate of drug-likeness (QED) is 0.339. The van der Waals surface area contributed by atoms with E-state index in [-0.39, 0.29) is 5.91 Å². The average molecular weight is 519 g/mol. The number of carbonyl (C=O) groups is 1. The molecule has 3 heteroatoms. The molecule has 39 heavy (non-hydrogen) atoms. The van der Waals surface area contributed by atoms with Crippen LogP contribution in [-0.2, 0) is 12.8 Å². The molecule has 2 aromatic carbocycles. The Balaban J connectivity index is 1.15. The molecule has 0 unspecified atom stereocenters. The third-order valence-corrected chi connectivity index (χ3v) is 9.92. The van der Waals surface area contributed by atoms with Gasteiger partial charge in [-0.1, -0.05) is 75.1 Å². The topological polar surface area (TPSA) is 33.2 Å². The van der Waals surface area contributed by atoms with Gasteiger partial charge in [0.1, 0.15) is 0 Å². The van der Waals surface area contributed by atoms with E-state index in [1.54, 1.807) is 4.90 Å². The van der Waals surface area contributed by atoms with Crippen LogP contribution in [0.4, 0.5) is 5.69 Å². The van der Waals surface area contributed by atoms with Crippen LogP contribution >= 0.6 is 0 Å². The van der Waals surface area contributed by atoms with Crippen molar-refractivity contribution in [1.29, 1.82) is 0 Å². The standard InChI is InChI=1S/C36H42N2O/c1-24-19-27(20-26-13-16-29(17-14-26)28-9-5-4-6-10-28)15-18-32(24)25(2)34-22-31-21-30-11-7-8-12-33(30)36(39)38(3)35(31)23-37-34/h7-8,11-12,15,18-19,22-23,26,28-29H,2,4-6,9-10,13-14,16-17,20-21H2,1,3H3. The third-order valence-electron chi connectivity index (χ3n) is 9.92. The largest absolute Gasteiger partial charge is 0.310 e. The van der Waals surface area contributed by atoms with Gasteiger partial charge in [0.05, 0.1) is 17.6 Å². The minimum atomic E-state index is 0.0200. The highest BCUT2D eigenvalue weighted by Crippen LogP contribution is 2.41. The van der Waals surface area contributed by atoms with Crippen molar-refractivity contribution in [3.63, 3.8) is 0 Å². The Morgan fingerprint density at radius 1 is 0.923 bits per heavy atom. The predicted molar refractivity (Wildman–Crippen MR) is 161 cm³/mol. The minimum Gasteiger partial charge on any atom is -0.310 e. The number of aromatic nitrogens is 1. The highest BCUT2D eigenvalue weighted by atomic mass is 16.2. The van der Waals surface area contributed by atoms with Gasteiger partial charge in [0.2, 0.25) is 0 Å². The molecule has 2 heterocycles. The molecule has 0 radical (unpaired) electrons. The number of benzene rings is 2. The van der Waals surface area contributed by atoms with Gasteiger partial charge in [0.15, 0.2) is 0 Å². The maximum Gasteiger partial charge on any atom is 0.258 e. The van der Waals surface area contributed by atoms with Crippen LogP contribution in [0.2, 0.25) is 0 Å². The Morgan fingerprint density at radius 3 is 2.44 bits per heavy atom. The normalized spacial score (nSPS) is 21.7. The van der Waals surface area contributed by atoms with Crippen LogP contribution in [0.15, 0.2) is 61.3 Å². The molecule has 0 saturated heterocycles. The van der Waals surface area contributed by atoms with Gasteiger partial charge in [-0.2, -0.15) is 0 Å². The fourth-order valence-corrected chi connectivity index (χ4v) is 7.61. The molecule has 0 N–H and O–H groups in total. The van der Waals surface area contributed by atoms with E-state index in [2.05, 4.69) is 43.8 Å². The molecule has 2 fully saturated rings. The predicted octanol–water partition coefficient (Wildman–Crippen LogP) is 8.56. The molecule has 3 nitrogen and oxygen atoms in total. The van der Waals surface area contributed by atoms with Gasteiger partial charge in [-0.25, -0.2) is 0 Å². The van der Waals surface area contributed by atoms with E-state index >= 15 is 0 Å². The SMILES string of the molecule is C=C(c1cc2c(cn1)N(C)C(=O)c1ccccc1C2)c1ccc(CC2CCC(C3CCCCC3)CC2)cc1C. The Bertz CT molecular complexity index is 1370. The highest BCUT2D eigenvalue weighted by Gasteiger charge is 2.29. The maximum atomic E-state index is 13.0. The summed E-state index contributed by atoms with van der Waals surface area (Å²) in [6.45, 7) is 6.67. The van der Waals surface area contributed by atoms with Gasteiger partial charge in [-0.15, -0.1) is 0 Å². The fraction of sp³-hybridized carbons (Fsp3) is 0.444. The molecular weight excluding hydrogens is 476 g/mol. The van der Waals surface area contributed by atoms with Crippen LogP contribution in [0.1, 0.15) is 102 Å². The van der Waals surface area contributed by atoms with E-state index in [9.17, 15) is 4.79 Å². The summed E-state index contributed by atoms with van der Waals surface area (Å²) in [5.41, 5.74) is 9.52. The lowest BCUT2D eigenvalue weighted by Gasteiger charge is -2.36. The summed E-state index contributed by atoms with van der Waals surface area (Å²) in [5, 5.41) is 0. The summed E-state index contributed by atoms with van der Waals surface area (Å²) < 4.78 is 0. The summed E-state index contributed by atoms with van der Waals surface area (Å²) in [4.78, 5) is 19.5. The Hall–Kier alpha value is -3.20. The molecule has 1 aliphatic heterocycles. The molecule has 2 aliphatic carbocycles. The van der Waals surface area contributed by atoms with Gasteiger partial charge >= 0.3 is 0 Å². The van der Waals surface area contributed by atoms with Crippen LogP contribution < -0.4 is 4.90 Å². The molecule has 3 aliphatic rings. The second-order valence-corrected chi connectivity index (χ2v) is 12.4. The third kappa shape index (κ3) is 5.33. The molecule has 1 aromatic heterocycles. The molecule has 0 atom stereocenters. The summed E-state index contributed by atoms with van der Waals surface area (Å²) in [6, 6.07) is 17.0. The van der Waals surface area contributed by atoms with Gasteiger partial charge in [-0.3, -0.25) is 9.78 Å². The van der Waals surface area contributed by atoms with Crippen molar-refractivity contribution in [2.24, 2.45) is 17.8 Å². The van der Waals surface area contributed by atoms with Gasteiger partial charge < -0.3 is 4.90 Å². The van der Waals surface area contributed by atoms with Crippen molar-refractivity contribution in [1.82, 2.24) is 4.98 Å². The van der Waals surface area contributed by atoms with Crippen LogP contribution in [0, 0.1) is 24.7 Å². The molecule has 202 valence electrons. The van der Waals surface area contributed by atoms with E-state index in [4.69, 9.17) is 4.98 Å². The molecule has 0 bridgehead atoms. The van der Waals surface area contributed by atoms with Crippen molar-refractivity contribution in [2.45, 2.75) is 77.6 Å². The van der Waals surface area contributed by atoms with Crippen molar-refractivity contribution in [3.05, 3.63) is 100 Å².